The van der Waals surface area contributed by atoms with Gasteiger partial charge in [-0.25, -0.2) is 0 Å². The third-order valence-corrected chi connectivity index (χ3v) is 3.06. The average Bonchev–Trinajstić information content (AvgIpc) is 2.88. The van der Waals surface area contributed by atoms with Crippen molar-refractivity contribution in [2.24, 2.45) is 5.73 Å². The van der Waals surface area contributed by atoms with E-state index in [0.29, 0.717) is 0 Å². The van der Waals surface area contributed by atoms with Crippen molar-refractivity contribution in [2.75, 3.05) is 7.11 Å². The van der Waals surface area contributed by atoms with E-state index in [9.17, 15) is 0 Å². The molecule has 2 nitrogen and oxygen atoms in total. The minimum absolute atomic E-state index is 0.00396. The Morgan fingerprint density at radius 3 is 2.79 bits per heavy atom. The van der Waals surface area contributed by atoms with Crippen LogP contribution in [0.1, 0.15) is 18.4 Å². The summed E-state index contributed by atoms with van der Waals surface area (Å²) in [6.45, 7) is 0. The van der Waals surface area contributed by atoms with Crippen molar-refractivity contribution in [3.63, 3.8) is 0 Å². The van der Waals surface area contributed by atoms with Crippen LogP contribution in [0.25, 0.3) is 0 Å². The van der Waals surface area contributed by atoms with E-state index in [1.165, 1.54) is 0 Å². The Kier molecular flexibility index (Phi) is 2.41. The van der Waals surface area contributed by atoms with E-state index in [4.69, 9.17) is 22.1 Å². The Labute approximate surface area is 89.0 Å². The molecule has 0 amide bonds. The zero-order valence-electron chi connectivity index (χ0n) is 8.22. The van der Waals surface area contributed by atoms with Crippen molar-refractivity contribution in [3.05, 3.63) is 28.8 Å². The highest BCUT2D eigenvalue weighted by Crippen LogP contribution is 2.37. The Morgan fingerprint density at radius 1 is 1.50 bits per heavy atom. The van der Waals surface area contributed by atoms with Gasteiger partial charge >= 0.3 is 0 Å². The largest absolute Gasteiger partial charge is 0.497 e. The first-order valence-corrected chi connectivity index (χ1v) is 5.12. The van der Waals surface area contributed by atoms with Crippen molar-refractivity contribution >= 4 is 11.6 Å². The molecule has 0 heterocycles. The molecule has 0 unspecified atom stereocenters. The van der Waals surface area contributed by atoms with Gasteiger partial charge in [0.15, 0.2) is 0 Å². The van der Waals surface area contributed by atoms with Gasteiger partial charge in [-0.15, -0.1) is 0 Å². The second-order valence-corrected chi connectivity index (χ2v) is 4.40. The number of hydrogen-bond donors (Lipinski definition) is 1. The first-order chi connectivity index (χ1) is 6.63. The summed E-state index contributed by atoms with van der Waals surface area (Å²) in [4.78, 5) is 0. The minimum atomic E-state index is -0.00396. The van der Waals surface area contributed by atoms with E-state index in [-0.39, 0.29) is 5.54 Å². The maximum absolute atomic E-state index is 6.08. The lowest BCUT2D eigenvalue weighted by molar-refractivity contribution is 0.414. The molecule has 1 aromatic rings. The molecule has 0 aliphatic heterocycles. The molecule has 14 heavy (non-hydrogen) atoms. The highest BCUT2D eigenvalue weighted by atomic mass is 35.5. The summed E-state index contributed by atoms with van der Waals surface area (Å²) < 4.78 is 5.15. The van der Waals surface area contributed by atoms with Gasteiger partial charge in [-0.3, -0.25) is 0 Å². The van der Waals surface area contributed by atoms with Crippen molar-refractivity contribution < 1.29 is 4.74 Å². The molecule has 0 aromatic heterocycles. The lowest BCUT2D eigenvalue weighted by atomic mass is 10.0. The standard InChI is InChI=1S/C11H14ClNO/c1-14-9-2-3-10(12)8(6-9)7-11(13)4-5-11/h2-3,6H,4-5,7,13H2,1H3. The molecule has 0 spiro atoms. The zero-order chi connectivity index (χ0) is 10.2. The molecule has 76 valence electrons. The second-order valence-electron chi connectivity index (χ2n) is 4.00. The highest BCUT2D eigenvalue weighted by Gasteiger charge is 2.38. The van der Waals surface area contributed by atoms with Crippen molar-refractivity contribution in [1.29, 1.82) is 0 Å². The molecular weight excluding hydrogens is 198 g/mol. The molecule has 1 aliphatic rings. The van der Waals surface area contributed by atoms with Gasteiger partial charge in [-0.1, -0.05) is 11.6 Å². The number of benzene rings is 1. The van der Waals surface area contributed by atoms with E-state index < -0.39 is 0 Å². The molecule has 2 rings (SSSR count). The Hall–Kier alpha value is -0.730. The summed E-state index contributed by atoms with van der Waals surface area (Å²) in [6.07, 6.45) is 3.05. The van der Waals surface area contributed by atoms with Gasteiger partial charge in [0, 0.05) is 10.6 Å². The predicted molar refractivity (Wildman–Crippen MR) is 57.9 cm³/mol. The third kappa shape index (κ3) is 2.02. The summed E-state index contributed by atoms with van der Waals surface area (Å²) in [5, 5.41) is 0.780. The first kappa shape index (κ1) is 9.81. The topological polar surface area (TPSA) is 35.2 Å². The predicted octanol–water partition coefficient (Wildman–Crippen LogP) is 2.38. The molecule has 3 heteroatoms. The number of halogens is 1. The number of hydrogen-bond acceptors (Lipinski definition) is 2. The monoisotopic (exact) mass is 211 g/mol. The van der Waals surface area contributed by atoms with Crippen LogP contribution in [-0.4, -0.2) is 12.6 Å². The van der Waals surface area contributed by atoms with E-state index in [1.54, 1.807) is 7.11 Å². The van der Waals surface area contributed by atoms with Crippen LogP contribution in [0, 0.1) is 0 Å². The van der Waals surface area contributed by atoms with Crippen LogP contribution >= 0.6 is 11.6 Å². The van der Waals surface area contributed by atoms with Crippen LogP contribution in [0.5, 0.6) is 5.75 Å². The summed E-state index contributed by atoms with van der Waals surface area (Å²) >= 11 is 6.08. The molecule has 0 saturated heterocycles. The molecule has 1 fully saturated rings. The van der Waals surface area contributed by atoms with Gasteiger partial charge in [0.1, 0.15) is 5.75 Å². The number of ether oxygens (including phenoxy) is 1. The fraction of sp³-hybridized carbons (Fsp3) is 0.455. The van der Waals surface area contributed by atoms with Gasteiger partial charge in [0.2, 0.25) is 0 Å². The zero-order valence-corrected chi connectivity index (χ0v) is 8.97. The van der Waals surface area contributed by atoms with Gasteiger partial charge in [0.05, 0.1) is 7.11 Å². The fourth-order valence-electron chi connectivity index (χ4n) is 1.53. The highest BCUT2D eigenvalue weighted by molar-refractivity contribution is 6.31. The van der Waals surface area contributed by atoms with Gasteiger partial charge in [0.25, 0.3) is 0 Å². The van der Waals surface area contributed by atoms with Gasteiger partial charge in [-0.2, -0.15) is 0 Å². The summed E-state index contributed by atoms with van der Waals surface area (Å²) in [6, 6.07) is 5.69. The molecular formula is C11H14ClNO. The van der Waals surface area contributed by atoms with E-state index in [2.05, 4.69) is 0 Å². The molecule has 1 aliphatic carbocycles. The smallest absolute Gasteiger partial charge is 0.119 e. The molecule has 2 N–H and O–H groups in total. The quantitative estimate of drug-likeness (QED) is 0.833. The van der Waals surface area contributed by atoms with Crippen LogP contribution in [0.4, 0.5) is 0 Å². The molecule has 1 saturated carbocycles. The van der Waals surface area contributed by atoms with E-state index in [1.807, 2.05) is 18.2 Å². The Balaban J connectivity index is 2.22. The molecule has 1 aromatic carbocycles. The number of methoxy groups -OCH3 is 1. The Morgan fingerprint density at radius 2 is 2.21 bits per heavy atom. The van der Waals surface area contributed by atoms with Crippen LogP contribution in [0.15, 0.2) is 18.2 Å². The Bertz CT molecular complexity index is 347. The lowest BCUT2D eigenvalue weighted by Crippen LogP contribution is -2.24. The third-order valence-electron chi connectivity index (χ3n) is 2.69. The lowest BCUT2D eigenvalue weighted by Gasteiger charge is -2.11. The minimum Gasteiger partial charge on any atom is -0.497 e. The van der Waals surface area contributed by atoms with Crippen molar-refractivity contribution in [2.45, 2.75) is 24.8 Å². The second kappa shape index (κ2) is 3.44. The first-order valence-electron chi connectivity index (χ1n) is 4.74. The normalized spacial score (nSPS) is 17.9. The van der Waals surface area contributed by atoms with E-state index >= 15 is 0 Å². The number of nitrogens with two attached hydrogens (primary N) is 1. The summed E-state index contributed by atoms with van der Waals surface area (Å²) in [5.74, 6) is 0.841. The maximum atomic E-state index is 6.08. The molecule has 0 radical (unpaired) electrons. The van der Waals surface area contributed by atoms with Crippen molar-refractivity contribution in [1.82, 2.24) is 0 Å². The average molecular weight is 212 g/mol. The van der Waals surface area contributed by atoms with Crippen LogP contribution < -0.4 is 10.5 Å². The van der Waals surface area contributed by atoms with Crippen molar-refractivity contribution in [3.8, 4) is 5.75 Å². The van der Waals surface area contributed by atoms with Gasteiger partial charge < -0.3 is 10.5 Å². The molecule has 0 bridgehead atoms. The molecule has 0 atom stereocenters. The van der Waals surface area contributed by atoms with E-state index in [0.717, 1.165) is 35.6 Å². The maximum Gasteiger partial charge on any atom is 0.119 e. The summed E-state index contributed by atoms with van der Waals surface area (Å²) in [5.41, 5.74) is 7.12. The SMILES string of the molecule is COc1ccc(Cl)c(CC2(N)CC2)c1. The van der Waals surface area contributed by atoms with Crippen LogP contribution in [-0.2, 0) is 6.42 Å². The van der Waals surface area contributed by atoms with Gasteiger partial charge in [-0.05, 0) is 43.0 Å². The summed E-state index contributed by atoms with van der Waals surface area (Å²) in [7, 11) is 1.66. The van der Waals surface area contributed by atoms with Crippen LogP contribution in [0.2, 0.25) is 5.02 Å². The number of rotatable bonds is 3. The fourth-order valence-corrected chi connectivity index (χ4v) is 1.71. The van der Waals surface area contributed by atoms with Crippen LogP contribution in [0.3, 0.4) is 0 Å².